The predicted octanol–water partition coefficient (Wildman–Crippen LogP) is 1.70. The fourth-order valence-electron chi connectivity index (χ4n) is 2.15. The second-order valence-corrected chi connectivity index (χ2v) is 4.10. The van der Waals surface area contributed by atoms with Gasteiger partial charge in [-0.3, -0.25) is 0 Å². The molecular weight excluding hydrogens is 172 g/mol. The Balaban J connectivity index is 2.30. The Morgan fingerprint density at radius 3 is 2.71 bits per heavy atom. The molecule has 0 atom stereocenters. The van der Waals surface area contributed by atoms with Gasteiger partial charge < -0.3 is 10.6 Å². The molecule has 76 valence electrons. The molecule has 0 aromatic heterocycles. The van der Waals surface area contributed by atoms with E-state index in [1.54, 1.807) is 0 Å². The highest BCUT2D eigenvalue weighted by Gasteiger charge is 2.25. The summed E-state index contributed by atoms with van der Waals surface area (Å²) in [6.45, 7) is 6.41. The fraction of sp³-hybridized carbons (Fsp3) is 0.500. The number of para-hydroxylation sites is 1. The molecule has 0 saturated carbocycles. The summed E-state index contributed by atoms with van der Waals surface area (Å²) in [4.78, 5) is 2.39. The standard InChI is InChI=1S/C12H18N2/c1-3-10-6-4-5-9(2)12(10)14-7-11(13)8-14/h4-6,11H,3,7-8,13H2,1-2H3. The number of anilines is 1. The third-order valence-corrected chi connectivity index (χ3v) is 2.93. The van der Waals surface area contributed by atoms with E-state index in [2.05, 4.69) is 36.9 Å². The average Bonchev–Trinajstić information content (AvgIpc) is 2.13. The summed E-state index contributed by atoms with van der Waals surface area (Å²) in [5.41, 5.74) is 10.0. The average molecular weight is 190 g/mol. The van der Waals surface area contributed by atoms with Crippen molar-refractivity contribution in [1.82, 2.24) is 0 Å². The smallest absolute Gasteiger partial charge is 0.0429 e. The predicted molar refractivity (Wildman–Crippen MR) is 60.7 cm³/mol. The van der Waals surface area contributed by atoms with Crippen LogP contribution in [-0.2, 0) is 6.42 Å². The number of hydrogen-bond donors (Lipinski definition) is 1. The highest BCUT2D eigenvalue weighted by molar-refractivity contribution is 5.61. The molecule has 2 nitrogen and oxygen atoms in total. The second kappa shape index (κ2) is 3.62. The molecule has 2 N–H and O–H groups in total. The Labute approximate surface area is 85.7 Å². The first-order valence-electron chi connectivity index (χ1n) is 5.31. The van der Waals surface area contributed by atoms with Crippen LogP contribution in [0.2, 0.25) is 0 Å². The molecule has 1 aliphatic heterocycles. The first-order valence-corrected chi connectivity index (χ1v) is 5.31. The van der Waals surface area contributed by atoms with Crippen LogP contribution in [0.15, 0.2) is 18.2 Å². The molecule has 0 bridgehead atoms. The van der Waals surface area contributed by atoms with E-state index in [9.17, 15) is 0 Å². The molecule has 1 fully saturated rings. The Kier molecular flexibility index (Phi) is 2.46. The molecule has 2 heteroatoms. The summed E-state index contributed by atoms with van der Waals surface area (Å²) in [6.07, 6.45) is 1.10. The largest absolute Gasteiger partial charge is 0.368 e. The molecule has 1 aliphatic rings. The minimum Gasteiger partial charge on any atom is -0.368 e. The minimum atomic E-state index is 0.374. The number of aryl methyl sites for hydroxylation is 2. The van der Waals surface area contributed by atoms with E-state index < -0.39 is 0 Å². The minimum absolute atomic E-state index is 0.374. The molecule has 0 unspecified atom stereocenters. The van der Waals surface area contributed by atoms with Crippen LogP contribution in [0.25, 0.3) is 0 Å². The highest BCUT2D eigenvalue weighted by atomic mass is 15.2. The van der Waals surface area contributed by atoms with Crippen molar-refractivity contribution in [2.75, 3.05) is 18.0 Å². The first-order chi connectivity index (χ1) is 6.72. The third kappa shape index (κ3) is 1.50. The zero-order valence-corrected chi connectivity index (χ0v) is 8.96. The SMILES string of the molecule is CCc1cccc(C)c1N1CC(N)C1. The van der Waals surface area contributed by atoms with E-state index in [-0.39, 0.29) is 0 Å². The van der Waals surface area contributed by atoms with E-state index in [1.807, 2.05) is 0 Å². The van der Waals surface area contributed by atoms with Gasteiger partial charge in [0.15, 0.2) is 0 Å². The third-order valence-electron chi connectivity index (χ3n) is 2.93. The monoisotopic (exact) mass is 190 g/mol. The molecule has 0 radical (unpaired) electrons. The van der Waals surface area contributed by atoms with Gasteiger partial charge in [0.25, 0.3) is 0 Å². The first kappa shape index (κ1) is 9.53. The lowest BCUT2D eigenvalue weighted by Crippen LogP contribution is -2.56. The molecular formula is C12H18N2. The highest BCUT2D eigenvalue weighted by Crippen LogP contribution is 2.28. The molecule has 1 saturated heterocycles. The summed E-state index contributed by atoms with van der Waals surface area (Å²) in [5.74, 6) is 0. The van der Waals surface area contributed by atoms with Crippen molar-refractivity contribution >= 4 is 5.69 Å². The van der Waals surface area contributed by atoms with Crippen molar-refractivity contribution in [1.29, 1.82) is 0 Å². The quantitative estimate of drug-likeness (QED) is 0.769. The van der Waals surface area contributed by atoms with Gasteiger partial charge in [-0.05, 0) is 24.5 Å². The van der Waals surface area contributed by atoms with Gasteiger partial charge in [-0.25, -0.2) is 0 Å². The maximum absolute atomic E-state index is 5.81. The van der Waals surface area contributed by atoms with Crippen molar-refractivity contribution < 1.29 is 0 Å². The van der Waals surface area contributed by atoms with Gasteiger partial charge in [-0.1, -0.05) is 25.1 Å². The van der Waals surface area contributed by atoms with Gasteiger partial charge in [-0.2, -0.15) is 0 Å². The van der Waals surface area contributed by atoms with Crippen LogP contribution >= 0.6 is 0 Å². The Morgan fingerprint density at radius 2 is 2.14 bits per heavy atom. The molecule has 1 aromatic carbocycles. The lowest BCUT2D eigenvalue weighted by Gasteiger charge is -2.40. The van der Waals surface area contributed by atoms with Gasteiger partial charge in [0, 0.05) is 24.8 Å². The Bertz CT molecular complexity index is 327. The fourth-order valence-corrected chi connectivity index (χ4v) is 2.15. The van der Waals surface area contributed by atoms with Crippen LogP contribution in [0.5, 0.6) is 0 Å². The number of hydrogen-bond acceptors (Lipinski definition) is 2. The van der Waals surface area contributed by atoms with Crippen LogP contribution in [0.4, 0.5) is 5.69 Å². The molecule has 0 aliphatic carbocycles. The maximum Gasteiger partial charge on any atom is 0.0429 e. The Hall–Kier alpha value is -1.02. The van der Waals surface area contributed by atoms with Crippen LogP contribution < -0.4 is 10.6 Å². The maximum atomic E-state index is 5.81. The van der Waals surface area contributed by atoms with Crippen molar-refractivity contribution in [2.24, 2.45) is 5.73 Å². The van der Waals surface area contributed by atoms with E-state index in [1.165, 1.54) is 16.8 Å². The van der Waals surface area contributed by atoms with Crippen molar-refractivity contribution in [2.45, 2.75) is 26.3 Å². The van der Waals surface area contributed by atoms with Crippen LogP contribution in [-0.4, -0.2) is 19.1 Å². The lowest BCUT2D eigenvalue weighted by atomic mass is 10.0. The van der Waals surface area contributed by atoms with Crippen molar-refractivity contribution in [3.05, 3.63) is 29.3 Å². The van der Waals surface area contributed by atoms with Crippen molar-refractivity contribution in [3.8, 4) is 0 Å². The number of nitrogens with two attached hydrogens (primary N) is 1. The van der Waals surface area contributed by atoms with E-state index >= 15 is 0 Å². The molecule has 14 heavy (non-hydrogen) atoms. The Morgan fingerprint density at radius 1 is 1.43 bits per heavy atom. The zero-order valence-electron chi connectivity index (χ0n) is 8.96. The molecule has 1 heterocycles. The topological polar surface area (TPSA) is 29.3 Å². The molecule has 0 spiro atoms. The summed E-state index contributed by atoms with van der Waals surface area (Å²) < 4.78 is 0. The number of benzene rings is 1. The van der Waals surface area contributed by atoms with Crippen molar-refractivity contribution in [3.63, 3.8) is 0 Å². The second-order valence-electron chi connectivity index (χ2n) is 4.10. The molecule has 1 aromatic rings. The van der Waals surface area contributed by atoms with Gasteiger partial charge in [0.1, 0.15) is 0 Å². The van der Waals surface area contributed by atoms with Gasteiger partial charge in [0.05, 0.1) is 0 Å². The van der Waals surface area contributed by atoms with E-state index in [4.69, 9.17) is 5.73 Å². The lowest BCUT2D eigenvalue weighted by molar-refractivity contribution is 0.517. The van der Waals surface area contributed by atoms with Crippen LogP contribution in [0, 0.1) is 6.92 Å². The van der Waals surface area contributed by atoms with Crippen LogP contribution in [0.1, 0.15) is 18.1 Å². The van der Waals surface area contributed by atoms with Gasteiger partial charge in [0.2, 0.25) is 0 Å². The zero-order chi connectivity index (χ0) is 10.1. The normalized spacial score (nSPS) is 16.9. The number of rotatable bonds is 2. The summed E-state index contributed by atoms with van der Waals surface area (Å²) in [5, 5.41) is 0. The van der Waals surface area contributed by atoms with Crippen LogP contribution in [0.3, 0.4) is 0 Å². The molecule has 0 amide bonds. The summed E-state index contributed by atoms with van der Waals surface area (Å²) in [6, 6.07) is 6.90. The van der Waals surface area contributed by atoms with E-state index in [0.29, 0.717) is 6.04 Å². The van der Waals surface area contributed by atoms with E-state index in [0.717, 1.165) is 19.5 Å². The van der Waals surface area contributed by atoms with Gasteiger partial charge in [-0.15, -0.1) is 0 Å². The van der Waals surface area contributed by atoms with Gasteiger partial charge >= 0.3 is 0 Å². The summed E-state index contributed by atoms with van der Waals surface area (Å²) >= 11 is 0. The number of nitrogens with zero attached hydrogens (tertiary/aromatic N) is 1. The molecule has 2 rings (SSSR count). The summed E-state index contributed by atoms with van der Waals surface area (Å²) in [7, 11) is 0.